The molecule has 0 N–H and O–H groups in total. The second kappa shape index (κ2) is 11.8. The summed E-state index contributed by atoms with van der Waals surface area (Å²) >= 11 is 3.60. The first-order chi connectivity index (χ1) is 24.7. The van der Waals surface area contributed by atoms with E-state index in [4.69, 9.17) is 15.0 Å². The van der Waals surface area contributed by atoms with Crippen molar-refractivity contribution in [2.24, 2.45) is 0 Å². The van der Waals surface area contributed by atoms with Gasteiger partial charge in [0.25, 0.3) is 0 Å². The SMILES string of the molecule is c1ccc(-c2cccc(-c3ccc(-c4nc(-c5ccc6c(c5)sc5ccccc56)nc(-c5cccc6c5sc5ccccc56)n4)cc3)c2)cc1. The van der Waals surface area contributed by atoms with Crippen LogP contribution < -0.4 is 0 Å². The minimum atomic E-state index is 0.657. The predicted molar refractivity (Wildman–Crippen MR) is 213 cm³/mol. The molecule has 0 atom stereocenters. The molecule has 0 aliphatic rings. The monoisotopic (exact) mass is 673 g/mol. The number of nitrogens with zero attached hydrogens (tertiary/aromatic N) is 3. The number of hydrogen-bond donors (Lipinski definition) is 0. The highest BCUT2D eigenvalue weighted by Gasteiger charge is 2.17. The second-order valence-electron chi connectivity index (χ2n) is 12.4. The number of rotatable bonds is 5. The van der Waals surface area contributed by atoms with E-state index < -0.39 is 0 Å². The third-order valence-corrected chi connectivity index (χ3v) is 11.7. The lowest BCUT2D eigenvalue weighted by Crippen LogP contribution is -2.00. The Morgan fingerprint density at radius 3 is 1.60 bits per heavy atom. The van der Waals surface area contributed by atoms with Gasteiger partial charge in [-0.3, -0.25) is 0 Å². The van der Waals surface area contributed by atoms with Crippen molar-refractivity contribution in [1.82, 2.24) is 15.0 Å². The van der Waals surface area contributed by atoms with Gasteiger partial charge >= 0.3 is 0 Å². The van der Waals surface area contributed by atoms with Crippen LogP contribution >= 0.6 is 22.7 Å². The van der Waals surface area contributed by atoms with E-state index in [-0.39, 0.29) is 0 Å². The van der Waals surface area contributed by atoms with Crippen LogP contribution in [-0.4, -0.2) is 15.0 Å². The molecule has 50 heavy (non-hydrogen) atoms. The number of fused-ring (bicyclic) bond motifs is 6. The molecule has 234 valence electrons. The number of benzene rings is 7. The Hall–Kier alpha value is -6.01. The topological polar surface area (TPSA) is 38.7 Å². The maximum absolute atomic E-state index is 5.17. The van der Waals surface area contributed by atoms with E-state index in [1.807, 2.05) is 0 Å². The van der Waals surface area contributed by atoms with Crippen LogP contribution in [0.25, 0.3) is 96.8 Å². The fraction of sp³-hybridized carbons (Fsp3) is 0. The molecule has 3 nitrogen and oxygen atoms in total. The molecule has 0 fully saturated rings. The van der Waals surface area contributed by atoms with Crippen LogP contribution in [0, 0.1) is 0 Å². The highest BCUT2D eigenvalue weighted by molar-refractivity contribution is 7.26. The average molecular weight is 674 g/mol. The van der Waals surface area contributed by atoms with E-state index in [0.29, 0.717) is 17.5 Å². The first-order valence-electron chi connectivity index (χ1n) is 16.6. The van der Waals surface area contributed by atoms with Crippen LogP contribution in [0.4, 0.5) is 0 Å². The first-order valence-corrected chi connectivity index (χ1v) is 18.2. The van der Waals surface area contributed by atoms with Crippen LogP contribution in [0.15, 0.2) is 164 Å². The Morgan fingerprint density at radius 2 is 0.820 bits per heavy atom. The maximum Gasteiger partial charge on any atom is 0.165 e. The highest BCUT2D eigenvalue weighted by Crippen LogP contribution is 2.40. The zero-order chi connectivity index (χ0) is 33.0. The minimum absolute atomic E-state index is 0.657. The number of thiophene rings is 2. The van der Waals surface area contributed by atoms with Crippen molar-refractivity contribution in [2.45, 2.75) is 0 Å². The summed E-state index contributed by atoms with van der Waals surface area (Å²) in [7, 11) is 0. The van der Waals surface area contributed by atoms with Crippen LogP contribution in [0.3, 0.4) is 0 Å². The molecule has 0 saturated heterocycles. The van der Waals surface area contributed by atoms with E-state index in [0.717, 1.165) is 22.3 Å². The van der Waals surface area contributed by atoms with Gasteiger partial charge in [-0.05, 0) is 52.6 Å². The summed E-state index contributed by atoms with van der Waals surface area (Å²) in [6.07, 6.45) is 0. The summed E-state index contributed by atoms with van der Waals surface area (Å²) in [6, 6.07) is 58.0. The summed E-state index contributed by atoms with van der Waals surface area (Å²) in [5.41, 5.74) is 7.67. The third kappa shape index (κ3) is 4.98. The van der Waals surface area contributed by atoms with Gasteiger partial charge < -0.3 is 0 Å². The summed E-state index contributed by atoms with van der Waals surface area (Å²) < 4.78 is 4.94. The molecule has 0 spiro atoms. The molecule has 0 saturated carbocycles. The standard InChI is InChI=1S/C45H27N3S2/c1-2-10-28(11-3-1)31-12-8-13-32(26-31)29-20-22-30(23-21-29)43-46-44(33-24-25-36-34-14-4-6-18-39(34)49-41(36)27-33)48-45(47-43)38-17-9-16-37-35-15-5-7-19-40(35)50-42(37)38/h1-27H. The lowest BCUT2D eigenvalue weighted by atomic mass is 9.98. The molecule has 10 rings (SSSR count). The molecule has 0 aliphatic carbocycles. The van der Waals surface area contributed by atoms with Gasteiger partial charge in [0.1, 0.15) is 0 Å². The normalized spacial score (nSPS) is 11.6. The molecule has 0 bridgehead atoms. The quantitative estimate of drug-likeness (QED) is 0.182. The van der Waals surface area contributed by atoms with Gasteiger partial charge in [-0.1, -0.05) is 133 Å². The highest BCUT2D eigenvalue weighted by atomic mass is 32.1. The van der Waals surface area contributed by atoms with Crippen LogP contribution in [0.1, 0.15) is 0 Å². The summed E-state index contributed by atoms with van der Waals surface area (Å²) in [5, 5.41) is 5.01. The zero-order valence-electron chi connectivity index (χ0n) is 26.7. The summed E-state index contributed by atoms with van der Waals surface area (Å²) in [6.45, 7) is 0. The molecule has 0 unspecified atom stereocenters. The molecular formula is C45H27N3S2. The number of aromatic nitrogens is 3. The van der Waals surface area contributed by atoms with E-state index in [1.54, 1.807) is 22.7 Å². The molecule has 7 aromatic carbocycles. The van der Waals surface area contributed by atoms with Crippen molar-refractivity contribution in [2.75, 3.05) is 0 Å². The van der Waals surface area contributed by atoms with Crippen molar-refractivity contribution >= 4 is 63.0 Å². The molecule has 0 amide bonds. The van der Waals surface area contributed by atoms with Crippen molar-refractivity contribution in [3.63, 3.8) is 0 Å². The van der Waals surface area contributed by atoms with Gasteiger partial charge in [0.05, 0.1) is 0 Å². The van der Waals surface area contributed by atoms with Crippen molar-refractivity contribution < 1.29 is 0 Å². The third-order valence-electron chi connectivity index (χ3n) is 9.36. The fourth-order valence-corrected chi connectivity index (χ4v) is 9.22. The first kappa shape index (κ1) is 29.0. The molecule has 3 heterocycles. The van der Waals surface area contributed by atoms with Gasteiger partial charge in [0.15, 0.2) is 17.5 Å². The Bertz CT molecular complexity index is 2870. The predicted octanol–water partition coefficient (Wildman–Crippen LogP) is 12.9. The molecule has 5 heteroatoms. The van der Waals surface area contributed by atoms with Crippen molar-refractivity contribution in [3.05, 3.63) is 164 Å². The summed E-state index contributed by atoms with van der Waals surface area (Å²) in [4.78, 5) is 15.5. The largest absolute Gasteiger partial charge is 0.208 e. The zero-order valence-corrected chi connectivity index (χ0v) is 28.4. The Balaban J connectivity index is 1.12. The average Bonchev–Trinajstić information content (AvgIpc) is 3.76. The second-order valence-corrected chi connectivity index (χ2v) is 14.6. The lowest BCUT2D eigenvalue weighted by molar-refractivity contribution is 1.08. The smallest absolute Gasteiger partial charge is 0.165 e. The van der Waals surface area contributed by atoms with Gasteiger partial charge in [0.2, 0.25) is 0 Å². The van der Waals surface area contributed by atoms with Gasteiger partial charge in [0, 0.05) is 57.0 Å². The van der Waals surface area contributed by atoms with Crippen LogP contribution in [-0.2, 0) is 0 Å². The lowest BCUT2D eigenvalue weighted by Gasteiger charge is -2.10. The summed E-state index contributed by atoms with van der Waals surface area (Å²) in [5.74, 6) is 2.00. The van der Waals surface area contributed by atoms with E-state index in [9.17, 15) is 0 Å². The Labute approximate surface area is 296 Å². The molecule has 3 aromatic heterocycles. The maximum atomic E-state index is 5.17. The van der Waals surface area contributed by atoms with Gasteiger partial charge in [-0.2, -0.15) is 0 Å². The van der Waals surface area contributed by atoms with Crippen molar-refractivity contribution in [3.8, 4) is 56.4 Å². The van der Waals surface area contributed by atoms with Crippen LogP contribution in [0.2, 0.25) is 0 Å². The van der Waals surface area contributed by atoms with E-state index in [2.05, 4.69) is 164 Å². The molecule has 10 aromatic rings. The minimum Gasteiger partial charge on any atom is -0.208 e. The van der Waals surface area contributed by atoms with Gasteiger partial charge in [-0.25, -0.2) is 15.0 Å². The van der Waals surface area contributed by atoms with E-state index in [1.165, 1.54) is 57.0 Å². The Kier molecular flexibility index (Phi) is 6.86. The number of hydrogen-bond acceptors (Lipinski definition) is 5. The van der Waals surface area contributed by atoms with Crippen molar-refractivity contribution in [1.29, 1.82) is 0 Å². The van der Waals surface area contributed by atoms with Crippen LogP contribution in [0.5, 0.6) is 0 Å². The fourth-order valence-electron chi connectivity index (χ4n) is 6.86. The van der Waals surface area contributed by atoms with E-state index >= 15 is 0 Å². The Morgan fingerprint density at radius 1 is 0.300 bits per heavy atom. The molecule has 0 aliphatic heterocycles. The molecular weight excluding hydrogens is 647 g/mol. The van der Waals surface area contributed by atoms with Gasteiger partial charge in [-0.15, -0.1) is 22.7 Å². The molecule has 0 radical (unpaired) electrons.